The van der Waals surface area contributed by atoms with E-state index in [0.717, 1.165) is 6.42 Å². The lowest BCUT2D eigenvalue weighted by molar-refractivity contribution is 0.0635. The van der Waals surface area contributed by atoms with Crippen LogP contribution in [0.25, 0.3) is 0 Å². The normalized spacial score (nSPS) is 13.1. The molecule has 1 rings (SSSR count). The molecule has 0 aliphatic rings. The highest BCUT2D eigenvalue weighted by molar-refractivity contribution is 9.10. The van der Waals surface area contributed by atoms with Gasteiger partial charge in [-0.1, -0.05) is 20.8 Å². The first-order valence-corrected chi connectivity index (χ1v) is 6.21. The summed E-state index contributed by atoms with van der Waals surface area (Å²) in [5, 5.41) is 13.9. The van der Waals surface area contributed by atoms with Crippen molar-refractivity contribution in [1.29, 1.82) is 0 Å². The van der Waals surface area contributed by atoms with Crippen molar-refractivity contribution in [1.82, 2.24) is 9.78 Å². The fourth-order valence-electron chi connectivity index (χ4n) is 1.43. The smallest absolute Gasteiger partial charge is 0.210 e. The third-order valence-corrected chi connectivity index (χ3v) is 2.94. The van der Waals surface area contributed by atoms with Crippen molar-refractivity contribution in [2.75, 3.05) is 0 Å². The van der Waals surface area contributed by atoms with Gasteiger partial charge in [0.1, 0.15) is 11.8 Å². The number of hydrogen-bond acceptors (Lipinski definition) is 3. The number of carbonyl (C=O) groups excluding carboxylic acids is 1. The summed E-state index contributed by atoms with van der Waals surface area (Å²) in [5.41, 5.74) is 0.461. The molecule has 1 atom stereocenters. The lowest BCUT2D eigenvalue weighted by atomic mass is 10.0. The Hall–Kier alpha value is -0.680. The van der Waals surface area contributed by atoms with E-state index >= 15 is 0 Å². The van der Waals surface area contributed by atoms with E-state index in [1.807, 2.05) is 20.8 Å². The number of aliphatic hydroxyl groups is 1. The number of hydrogen-bond donors (Lipinski definition) is 1. The van der Waals surface area contributed by atoms with E-state index in [0.29, 0.717) is 16.7 Å². The first kappa shape index (κ1) is 13.4. The average Bonchev–Trinajstić information content (AvgIpc) is 2.58. The molecule has 0 spiro atoms. The van der Waals surface area contributed by atoms with Crippen molar-refractivity contribution < 1.29 is 9.90 Å². The molecule has 0 radical (unpaired) electrons. The van der Waals surface area contributed by atoms with Crippen LogP contribution in [0.15, 0.2) is 10.7 Å². The maximum absolute atomic E-state index is 12.0. The zero-order valence-electron chi connectivity index (χ0n) is 9.77. The van der Waals surface area contributed by atoms with E-state index in [-0.39, 0.29) is 11.7 Å². The lowest BCUT2D eigenvalue weighted by Gasteiger charge is -2.14. The van der Waals surface area contributed by atoms with E-state index in [1.54, 1.807) is 10.9 Å². The van der Waals surface area contributed by atoms with Crippen LogP contribution in [0.3, 0.4) is 0 Å². The Labute approximate surface area is 104 Å². The van der Waals surface area contributed by atoms with Gasteiger partial charge in [-0.25, -0.2) is 0 Å². The first-order valence-electron chi connectivity index (χ1n) is 5.42. The molecule has 16 heavy (non-hydrogen) atoms. The molecule has 0 saturated heterocycles. The molecule has 5 heteroatoms. The molecule has 1 N–H and O–H groups in total. The Morgan fingerprint density at radius 3 is 2.75 bits per heavy atom. The largest absolute Gasteiger partial charge is 0.385 e. The van der Waals surface area contributed by atoms with Gasteiger partial charge in [-0.3, -0.25) is 9.48 Å². The molecular weight excluding hydrogens is 272 g/mol. The van der Waals surface area contributed by atoms with Gasteiger partial charge >= 0.3 is 0 Å². The molecule has 0 amide bonds. The number of carbonyl (C=O) groups is 1. The van der Waals surface area contributed by atoms with E-state index in [4.69, 9.17) is 0 Å². The van der Waals surface area contributed by atoms with Crippen LogP contribution in [0, 0.1) is 5.92 Å². The van der Waals surface area contributed by atoms with Gasteiger partial charge in [0.05, 0.1) is 10.7 Å². The summed E-state index contributed by atoms with van der Waals surface area (Å²) in [6.07, 6.45) is 1.52. The Balaban J connectivity index is 3.02. The van der Waals surface area contributed by atoms with Crippen molar-refractivity contribution in [2.45, 2.75) is 39.8 Å². The van der Waals surface area contributed by atoms with Crippen molar-refractivity contribution in [3.63, 3.8) is 0 Å². The highest BCUT2D eigenvalue weighted by atomic mass is 79.9. The minimum absolute atomic E-state index is 0.0932. The number of aromatic nitrogens is 2. The fraction of sp³-hybridized carbons (Fsp3) is 0.636. The average molecular weight is 289 g/mol. The lowest BCUT2D eigenvalue weighted by Crippen LogP contribution is -2.28. The van der Waals surface area contributed by atoms with Gasteiger partial charge in [0, 0.05) is 6.54 Å². The molecule has 0 aliphatic carbocycles. The minimum atomic E-state index is -0.969. The molecular formula is C11H17BrN2O2. The van der Waals surface area contributed by atoms with Crippen LogP contribution in [-0.4, -0.2) is 26.8 Å². The molecule has 4 nitrogen and oxygen atoms in total. The van der Waals surface area contributed by atoms with Gasteiger partial charge in [-0.2, -0.15) is 5.10 Å². The first-order chi connectivity index (χ1) is 7.49. The maximum Gasteiger partial charge on any atom is 0.210 e. The van der Waals surface area contributed by atoms with E-state index < -0.39 is 6.10 Å². The molecule has 1 aromatic rings. The summed E-state index contributed by atoms with van der Waals surface area (Å²) in [6, 6.07) is 0. The quantitative estimate of drug-likeness (QED) is 0.846. The molecule has 1 aromatic heterocycles. The van der Waals surface area contributed by atoms with Gasteiger partial charge < -0.3 is 5.11 Å². The van der Waals surface area contributed by atoms with Crippen LogP contribution >= 0.6 is 15.9 Å². The number of ketones is 1. The van der Waals surface area contributed by atoms with Crippen LogP contribution in [0.1, 0.15) is 37.7 Å². The summed E-state index contributed by atoms with van der Waals surface area (Å²) >= 11 is 3.29. The molecule has 0 aromatic carbocycles. The third-order valence-electron chi connectivity index (χ3n) is 2.36. The fourth-order valence-corrected chi connectivity index (χ4v) is 1.92. The second kappa shape index (κ2) is 5.59. The Kier molecular flexibility index (Phi) is 4.68. The van der Waals surface area contributed by atoms with Gasteiger partial charge in [0.2, 0.25) is 5.78 Å². The molecule has 1 heterocycles. The summed E-state index contributed by atoms with van der Waals surface area (Å²) in [7, 11) is 0. The van der Waals surface area contributed by atoms with Crippen molar-refractivity contribution >= 4 is 21.7 Å². The SMILES string of the molecule is CCCn1ncc(Br)c1C(=O)C(O)C(C)C. The minimum Gasteiger partial charge on any atom is -0.385 e. The molecule has 0 saturated carbocycles. The van der Waals surface area contributed by atoms with Crippen molar-refractivity contribution in [2.24, 2.45) is 5.92 Å². The maximum atomic E-state index is 12.0. The second-order valence-corrected chi connectivity index (χ2v) is 4.97. The summed E-state index contributed by atoms with van der Waals surface area (Å²) < 4.78 is 2.28. The zero-order valence-corrected chi connectivity index (χ0v) is 11.4. The number of Topliss-reactive ketones (excluding diaryl/α,β-unsaturated/α-hetero) is 1. The number of nitrogens with zero attached hydrogens (tertiary/aromatic N) is 2. The van der Waals surface area contributed by atoms with E-state index in [1.165, 1.54) is 0 Å². The number of aryl methyl sites for hydroxylation is 1. The Bertz CT molecular complexity index is 374. The van der Waals surface area contributed by atoms with Crippen LogP contribution in [0.5, 0.6) is 0 Å². The van der Waals surface area contributed by atoms with Gasteiger partial charge in [0.15, 0.2) is 0 Å². The van der Waals surface area contributed by atoms with Crippen molar-refractivity contribution in [3.05, 3.63) is 16.4 Å². The topological polar surface area (TPSA) is 55.1 Å². The number of halogens is 1. The van der Waals surface area contributed by atoms with Crippen LogP contribution in [0.4, 0.5) is 0 Å². The van der Waals surface area contributed by atoms with Crippen molar-refractivity contribution in [3.8, 4) is 0 Å². The van der Waals surface area contributed by atoms with Gasteiger partial charge in [-0.05, 0) is 28.3 Å². The third kappa shape index (κ3) is 2.71. The molecule has 1 unspecified atom stereocenters. The Morgan fingerprint density at radius 1 is 1.62 bits per heavy atom. The van der Waals surface area contributed by atoms with Crippen LogP contribution < -0.4 is 0 Å². The van der Waals surface area contributed by atoms with E-state index in [2.05, 4.69) is 21.0 Å². The number of rotatable bonds is 5. The second-order valence-electron chi connectivity index (χ2n) is 4.12. The molecule has 0 aliphatic heterocycles. The zero-order chi connectivity index (χ0) is 12.3. The molecule has 0 fully saturated rings. The van der Waals surface area contributed by atoms with Gasteiger partial charge in [-0.15, -0.1) is 0 Å². The molecule has 0 bridgehead atoms. The van der Waals surface area contributed by atoms with Gasteiger partial charge in [0.25, 0.3) is 0 Å². The Morgan fingerprint density at radius 2 is 2.25 bits per heavy atom. The van der Waals surface area contributed by atoms with Crippen LogP contribution in [-0.2, 0) is 6.54 Å². The highest BCUT2D eigenvalue weighted by Gasteiger charge is 2.26. The predicted octanol–water partition coefficient (Wildman–Crippen LogP) is 2.26. The highest BCUT2D eigenvalue weighted by Crippen LogP contribution is 2.20. The summed E-state index contributed by atoms with van der Waals surface area (Å²) in [5.74, 6) is -0.364. The van der Waals surface area contributed by atoms with Crippen LogP contribution in [0.2, 0.25) is 0 Å². The predicted molar refractivity (Wildman–Crippen MR) is 65.4 cm³/mol. The summed E-state index contributed by atoms with van der Waals surface area (Å²) in [4.78, 5) is 12.0. The summed E-state index contributed by atoms with van der Waals surface area (Å²) in [6.45, 7) is 6.33. The van der Waals surface area contributed by atoms with E-state index in [9.17, 15) is 9.90 Å². The number of aliphatic hydroxyl groups excluding tert-OH is 1. The standard InChI is InChI=1S/C11H17BrN2O2/c1-4-5-14-9(8(12)6-13-14)11(16)10(15)7(2)3/h6-7,10,15H,4-5H2,1-3H3. The molecule has 90 valence electrons. The monoisotopic (exact) mass is 288 g/mol.